The van der Waals surface area contributed by atoms with E-state index < -0.39 is 5.97 Å². The Bertz CT molecular complexity index is 614. The highest BCUT2D eigenvalue weighted by molar-refractivity contribution is 9.10. The maximum Gasteiger partial charge on any atom is 0.307 e. The molecular formula is C15H13BrClNO2. The van der Waals surface area contributed by atoms with E-state index in [0.717, 1.165) is 21.3 Å². The Balaban J connectivity index is 1.96. The molecular weight excluding hydrogens is 342 g/mol. The number of benzene rings is 2. The van der Waals surface area contributed by atoms with Crippen molar-refractivity contribution in [1.82, 2.24) is 0 Å². The van der Waals surface area contributed by atoms with Crippen LogP contribution in [0.25, 0.3) is 0 Å². The van der Waals surface area contributed by atoms with Gasteiger partial charge in [0.05, 0.1) is 11.4 Å². The Hall–Kier alpha value is -1.52. The molecule has 0 radical (unpaired) electrons. The Morgan fingerprint density at radius 1 is 1.15 bits per heavy atom. The summed E-state index contributed by atoms with van der Waals surface area (Å²) in [5, 5.41) is 12.6. The van der Waals surface area contributed by atoms with Gasteiger partial charge in [0.25, 0.3) is 0 Å². The Kier molecular flexibility index (Phi) is 5.04. The minimum atomic E-state index is -0.819. The van der Waals surface area contributed by atoms with Crippen molar-refractivity contribution in [3.63, 3.8) is 0 Å². The van der Waals surface area contributed by atoms with Gasteiger partial charge in [-0.15, -0.1) is 0 Å². The van der Waals surface area contributed by atoms with Gasteiger partial charge in [-0.25, -0.2) is 0 Å². The molecule has 2 aromatic rings. The molecule has 0 atom stereocenters. The van der Waals surface area contributed by atoms with Gasteiger partial charge in [-0.1, -0.05) is 35.9 Å². The van der Waals surface area contributed by atoms with E-state index in [1.807, 2.05) is 42.5 Å². The first-order chi connectivity index (χ1) is 9.54. The molecule has 0 unspecified atom stereocenters. The Morgan fingerprint density at radius 2 is 1.80 bits per heavy atom. The average molecular weight is 355 g/mol. The summed E-state index contributed by atoms with van der Waals surface area (Å²) in [7, 11) is 0. The molecule has 0 amide bonds. The third-order valence-corrected chi connectivity index (χ3v) is 4.03. The maximum absolute atomic E-state index is 10.6. The number of anilines is 1. The second-order valence-electron chi connectivity index (χ2n) is 4.37. The van der Waals surface area contributed by atoms with Crippen molar-refractivity contribution in [2.45, 2.75) is 13.0 Å². The molecule has 0 saturated heterocycles. The molecule has 0 aromatic heterocycles. The standard InChI is InChI=1S/C15H13BrClNO2/c16-13-6-5-12(8-14(13)17)18-9-11-3-1-10(2-4-11)7-15(19)20/h1-6,8,18H,7,9H2,(H,19,20). The summed E-state index contributed by atoms with van der Waals surface area (Å²) in [6.07, 6.45) is 0.0516. The SMILES string of the molecule is O=C(O)Cc1ccc(CNc2ccc(Br)c(Cl)c2)cc1. The zero-order valence-corrected chi connectivity index (χ0v) is 12.9. The molecule has 104 valence electrons. The molecule has 0 fully saturated rings. The number of carboxylic acids is 1. The number of aliphatic carboxylic acids is 1. The van der Waals surface area contributed by atoms with Crippen molar-refractivity contribution < 1.29 is 9.90 Å². The first-order valence-corrected chi connectivity index (χ1v) is 7.20. The largest absolute Gasteiger partial charge is 0.481 e. The summed E-state index contributed by atoms with van der Waals surface area (Å²) in [5.74, 6) is -0.819. The number of hydrogen-bond acceptors (Lipinski definition) is 2. The van der Waals surface area contributed by atoms with E-state index >= 15 is 0 Å². The normalized spacial score (nSPS) is 10.3. The van der Waals surface area contributed by atoms with E-state index in [9.17, 15) is 4.79 Å². The lowest BCUT2D eigenvalue weighted by Gasteiger charge is -2.08. The van der Waals surface area contributed by atoms with Gasteiger partial charge >= 0.3 is 5.97 Å². The summed E-state index contributed by atoms with van der Waals surface area (Å²) in [4.78, 5) is 10.6. The highest BCUT2D eigenvalue weighted by Crippen LogP contribution is 2.25. The van der Waals surface area contributed by atoms with Crippen LogP contribution in [0.3, 0.4) is 0 Å². The fourth-order valence-electron chi connectivity index (χ4n) is 1.76. The van der Waals surface area contributed by atoms with Crippen LogP contribution in [0.1, 0.15) is 11.1 Å². The van der Waals surface area contributed by atoms with E-state index in [0.29, 0.717) is 11.6 Å². The predicted molar refractivity (Wildman–Crippen MR) is 84.3 cm³/mol. The van der Waals surface area contributed by atoms with Gasteiger partial charge in [-0.05, 0) is 45.3 Å². The molecule has 0 spiro atoms. The second kappa shape index (κ2) is 6.77. The molecule has 3 nitrogen and oxygen atoms in total. The van der Waals surface area contributed by atoms with E-state index in [1.165, 1.54) is 0 Å². The summed E-state index contributed by atoms with van der Waals surface area (Å²) in [6, 6.07) is 13.2. The second-order valence-corrected chi connectivity index (χ2v) is 5.63. The number of halogens is 2. The van der Waals surface area contributed by atoms with Crippen molar-refractivity contribution in [3.8, 4) is 0 Å². The molecule has 0 saturated carbocycles. The third kappa shape index (κ3) is 4.25. The fraction of sp³-hybridized carbons (Fsp3) is 0.133. The van der Waals surface area contributed by atoms with Crippen LogP contribution in [0.2, 0.25) is 5.02 Å². The summed E-state index contributed by atoms with van der Waals surface area (Å²) < 4.78 is 0.864. The summed E-state index contributed by atoms with van der Waals surface area (Å²) in [6.45, 7) is 0.658. The summed E-state index contributed by atoms with van der Waals surface area (Å²) >= 11 is 9.37. The Morgan fingerprint density at radius 3 is 2.40 bits per heavy atom. The van der Waals surface area contributed by atoms with Gasteiger partial charge in [0.1, 0.15) is 0 Å². The van der Waals surface area contributed by atoms with E-state index in [4.69, 9.17) is 16.7 Å². The van der Waals surface area contributed by atoms with Crippen LogP contribution >= 0.6 is 27.5 Å². The quantitative estimate of drug-likeness (QED) is 0.839. The first-order valence-electron chi connectivity index (χ1n) is 6.03. The fourth-order valence-corrected chi connectivity index (χ4v) is 2.19. The van der Waals surface area contributed by atoms with Gasteiger partial charge < -0.3 is 10.4 Å². The lowest BCUT2D eigenvalue weighted by Crippen LogP contribution is -2.02. The van der Waals surface area contributed by atoms with Gasteiger partial charge in [-0.3, -0.25) is 4.79 Å². The predicted octanol–water partition coefficient (Wildman–Crippen LogP) is 4.34. The van der Waals surface area contributed by atoms with Gasteiger partial charge in [0, 0.05) is 16.7 Å². The molecule has 2 aromatic carbocycles. The van der Waals surface area contributed by atoms with Gasteiger partial charge in [-0.2, -0.15) is 0 Å². The Labute approximate surface area is 130 Å². The lowest BCUT2D eigenvalue weighted by atomic mass is 10.1. The molecule has 0 aliphatic heterocycles. The van der Waals surface area contributed by atoms with E-state index in [2.05, 4.69) is 21.2 Å². The average Bonchev–Trinajstić information content (AvgIpc) is 2.41. The highest BCUT2D eigenvalue weighted by atomic mass is 79.9. The van der Waals surface area contributed by atoms with Crippen molar-refractivity contribution in [2.75, 3.05) is 5.32 Å². The molecule has 2 rings (SSSR count). The number of nitrogens with one attached hydrogen (secondary N) is 1. The molecule has 0 bridgehead atoms. The number of carboxylic acid groups (broad SMARTS) is 1. The van der Waals surface area contributed by atoms with Crippen molar-refractivity contribution in [3.05, 3.63) is 63.1 Å². The van der Waals surface area contributed by atoms with Crippen LogP contribution in [0.5, 0.6) is 0 Å². The minimum absolute atomic E-state index is 0.0516. The summed E-state index contributed by atoms with van der Waals surface area (Å²) in [5.41, 5.74) is 2.82. The molecule has 20 heavy (non-hydrogen) atoms. The zero-order chi connectivity index (χ0) is 14.5. The van der Waals surface area contributed by atoms with Crippen LogP contribution in [-0.4, -0.2) is 11.1 Å². The minimum Gasteiger partial charge on any atom is -0.481 e. The van der Waals surface area contributed by atoms with Gasteiger partial charge in [0.15, 0.2) is 0 Å². The number of hydrogen-bond donors (Lipinski definition) is 2. The number of rotatable bonds is 5. The molecule has 5 heteroatoms. The van der Waals surface area contributed by atoms with Crippen molar-refractivity contribution >= 4 is 39.2 Å². The van der Waals surface area contributed by atoms with Crippen LogP contribution in [0.4, 0.5) is 5.69 Å². The zero-order valence-electron chi connectivity index (χ0n) is 10.6. The third-order valence-electron chi connectivity index (χ3n) is 2.79. The van der Waals surface area contributed by atoms with Crippen molar-refractivity contribution in [2.24, 2.45) is 0 Å². The maximum atomic E-state index is 10.6. The number of carbonyl (C=O) groups is 1. The molecule has 0 heterocycles. The van der Waals surface area contributed by atoms with Crippen molar-refractivity contribution in [1.29, 1.82) is 0 Å². The van der Waals surface area contributed by atoms with E-state index in [-0.39, 0.29) is 6.42 Å². The monoisotopic (exact) mass is 353 g/mol. The molecule has 0 aliphatic carbocycles. The topological polar surface area (TPSA) is 49.3 Å². The smallest absolute Gasteiger partial charge is 0.307 e. The van der Waals surface area contributed by atoms with Crippen LogP contribution in [0, 0.1) is 0 Å². The molecule has 2 N–H and O–H groups in total. The molecule has 0 aliphatic rings. The van der Waals surface area contributed by atoms with Crippen LogP contribution in [-0.2, 0) is 17.8 Å². The van der Waals surface area contributed by atoms with Crippen LogP contribution in [0.15, 0.2) is 46.9 Å². The lowest BCUT2D eigenvalue weighted by molar-refractivity contribution is -0.136. The highest BCUT2D eigenvalue weighted by Gasteiger charge is 2.01. The van der Waals surface area contributed by atoms with E-state index in [1.54, 1.807) is 0 Å². The van der Waals surface area contributed by atoms with Gasteiger partial charge in [0.2, 0.25) is 0 Å². The van der Waals surface area contributed by atoms with Crippen LogP contribution < -0.4 is 5.32 Å². The first kappa shape index (κ1) is 14.9.